The first-order chi connectivity index (χ1) is 7.80. The summed E-state index contributed by atoms with van der Waals surface area (Å²) in [5, 5.41) is 3.83. The minimum atomic E-state index is 0.500. The molecular formula is C16H33N. The average Bonchev–Trinajstić information content (AvgIpc) is 2.61. The van der Waals surface area contributed by atoms with Crippen LogP contribution in [0.3, 0.4) is 0 Å². The van der Waals surface area contributed by atoms with Crippen LogP contribution in [0.15, 0.2) is 0 Å². The molecule has 102 valence electrons. The van der Waals surface area contributed by atoms with Crippen molar-refractivity contribution in [1.29, 1.82) is 0 Å². The molecule has 1 aliphatic carbocycles. The van der Waals surface area contributed by atoms with Gasteiger partial charge in [-0.05, 0) is 42.1 Å². The molecule has 1 rings (SSSR count). The highest BCUT2D eigenvalue weighted by Crippen LogP contribution is 2.70. The van der Waals surface area contributed by atoms with Gasteiger partial charge in [-0.3, -0.25) is 0 Å². The maximum atomic E-state index is 3.83. The fraction of sp³-hybridized carbons (Fsp3) is 1.00. The van der Waals surface area contributed by atoms with Crippen LogP contribution in [0.4, 0.5) is 0 Å². The molecule has 1 fully saturated rings. The average molecular weight is 239 g/mol. The van der Waals surface area contributed by atoms with E-state index >= 15 is 0 Å². The fourth-order valence-corrected chi connectivity index (χ4v) is 3.74. The van der Waals surface area contributed by atoms with Crippen LogP contribution < -0.4 is 5.32 Å². The minimum Gasteiger partial charge on any atom is -0.313 e. The van der Waals surface area contributed by atoms with Gasteiger partial charge in [0.05, 0.1) is 0 Å². The molecule has 0 aromatic rings. The van der Waals surface area contributed by atoms with Crippen molar-refractivity contribution in [1.82, 2.24) is 5.32 Å². The van der Waals surface area contributed by atoms with E-state index in [1.54, 1.807) is 0 Å². The second-order valence-corrected chi connectivity index (χ2v) is 7.17. The molecule has 17 heavy (non-hydrogen) atoms. The van der Waals surface area contributed by atoms with Crippen LogP contribution >= 0.6 is 0 Å². The predicted octanol–water partition coefficient (Wildman–Crippen LogP) is 4.47. The van der Waals surface area contributed by atoms with Crippen LogP contribution in [0, 0.1) is 22.7 Å². The van der Waals surface area contributed by atoms with Crippen LogP contribution in [0.2, 0.25) is 0 Å². The van der Waals surface area contributed by atoms with Gasteiger partial charge in [-0.1, -0.05) is 54.9 Å². The molecule has 0 aliphatic heterocycles. The van der Waals surface area contributed by atoms with Crippen molar-refractivity contribution < 1.29 is 0 Å². The van der Waals surface area contributed by atoms with Crippen molar-refractivity contribution in [2.75, 3.05) is 6.54 Å². The van der Waals surface area contributed by atoms with Crippen molar-refractivity contribution in [3.63, 3.8) is 0 Å². The molecule has 2 atom stereocenters. The van der Waals surface area contributed by atoms with E-state index in [1.807, 2.05) is 0 Å². The van der Waals surface area contributed by atoms with Crippen molar-refractivity contribution in [3.05, 3.63) is 0 Å². The molecule has 0 saturated heterocycles. The summed E-state index contributed by atoms with van der Waals surface area (Å²) >= 11 is 0. The zero-order valence-corrected chi connectivity index (χ0v) is 13.1. The van der Waals surface area contributed by atoms with Gasteiger partial charge in [0.25, 0.3) is 0 Å². The summed E-state index contributed by atoms with van der Waals surface area (Å²) in [6, 6.07) is 0.708. The zero-order chi connectivity index (χ0) is 13.3. The van der Waals surface area contributed by atoms with E-state index in [0.717, 1.165) is 11.8 Å². The first kappa shape index (κ1) is 15.0. The number of nitrogens with one attached hydrogen (secondary N) is 1. The molecule has 1 nitrogen and oxygen atoms in total. The Bertz CT molecular complexity index is 228. The van der Waals surface area contributed by atoms with E-state index < -0.39 is 0 Å². The van der Waals surface area contributed by atoms with Gasteiger partial charge < -0.3 is 5.32 Å². The lowest BCUT2D eigenvalue weighted by Gasteiger charge is -2.27. The van der Waals surface area contributed by atoms with Gasteiger partial charge in [-0.15, -0.1) is 0 Å². The Morgan fingerprint density at radius 3 is 1.88 bits per heavy atom. The molecule has 2 unspecified atom stereocenters. The summed E-state index contributed by atoms with van der Waals surface area (Å²) in [5.74, 6) is 1.64. The molecule has 0 bridgehead atoms. The van der Waals surface area contributed by atoms with Gasteiger partial charge >= 0.3 is 0 Å². The molecule has 0 aromatic heterocycles. The van der Waals surface area contributed by atoms with E-state index in [1.165, 1.54) is 25.8 Å². The van der Waals surface area contributed by atoms with Gasteiger partial charge in [-0.25, -0.2) is 0 Å². The Hall–Kier alpha value is -0.0400. The summed E-state index contributed by atoms with van der Waals surface area (Å²) < 4.78 is 0. The largest absolute Gasteiger partial charge is 0.313 e. The first-order valence-corrected chi connectivity index (χ1v) is 7.54. The summed E-state index contributed by atoms with van der Waals surface area (Å²) in [6.45, 7) is 17.9. The molecule has 0 radical (unpaired) electrons. The number of hydrogen-bond acceptors (Lipinski definition) is 1. The molecule has 0 spiro atoms. The lowest BCUT2D eigenvalue weighted by Crippen LogP contribution is -2.39. The Labute approximate surface area is 109 Å². The Kier molecular flexibility index (Phi) is 4.68. The highest BCUT2D eigenvalue weighted by molar-refractivity contribution is 5.16. The Morgan fingerprint density at radius 1 is 1.00 bits per heavy atom. The van der Waals surface area contributed by atoms with Gasteiger partial charge in [0, 0.05) is 6.04 Å². The SMILES string of the molecule is CCCNC(C(C)CCC)C1C(C)(C)C1(C)C. The van der Waals surface area contributed by atoms with Crippen molar-refractivity contribution in [2.24, 2.45) is 22.7 Å². The molecule has 1 N–H and O–H groups in total. The summed E-state index contributed by atoms with van der Waals surface area (Å²) in [6.07, 6.45) is 3.89. The van der Waals surface area contributed by atoms with Gasteiger partial charge in [0.15, 0.2) is 0 Å². The van der Waals surface area contributed by atoms with Crippen LogP contribution in [0.25, 0.3) is 0 Å². The quantitative estimate of drug-likeness (QED) is 0.691. The second-order valence-electron chi connectivity index (χ2n) is 7.17. The Morgan fingerprint density at radius 2 is 1.53 bits per heavy atom. The summed E-state index contributed by atoms with van der Waals surface area (Å²) in [7, 11) is 0. The minimum absolute atomic E-state index is 0.500. The second kappa shape index (κ2) is 5.30. The summed E-state index contributed by atoms with van der Waals surface area (Å²) in [5.41, 5.74) is 1.00. The van der Waals surface area contributed by atoms with Crippen molar-refractivity contribution in [3.8, 4) is 0 Å². The number of hydrogen-bond donors (Lipinski definition) is 1. The third kappa shape index (κ3) is 2.70. The van der Waals surface area contributed by atoms with E-state index in [-0.39, 0.29) is 0 Å². The maximum absolute atomic E-state index is 3.83. The van der Waals surface area contributed by atoms with E-state index in [2.05, 4.69) is 53.8 Å². The van der Waals surface area contributed by atoms with Gasteiger partial charge in [-0.2, -0.15) is 0 Å². The molecule has 1 saturated carbocycles. The first-order valence-electron chi connectivity index (χ1n) is 7.54. The normalized spacial score (nSPS) is 25.6. The predicted molar refractivity (Wildman–Crippen MR) is 77.2 cm³/mol. The molecular weight excluding hydrogens is 206 g/mol. The van der Waals surface area contributed by atoms with Crippen molar-refractivity contribution >= 4 is 0 Å². The third-order valence-electron chi connectivity index (χ3n) is 5.48. The molecule has 0 aromatic carbocycles. The van der Waals surface area contributed by atoms with Crippen LogP contribution in [0.5, 0.6) is 0 Å². The van der Waals surface area contributed by atoms with Crippen molar-refractivity contribution in [2.45, 2.75) is 73.8 Å². The third-order valence-corrected chi connectivity index (χ3v) is 5.48. The highest BCUT2D eigenvalue weighted by atomic mass is 15.0. The molecule has 1 aliphatic rings. The topological polar surface area (TPSA) is 12.0 Å². The van der Waals surface area contributed by atoms with Crippen LogP contribution in [-0.2, 0) is 0 Å². The lowest BCUT2D eigenvalue weighted by molar-refractivity contribution is 0.286. The summed E-state index contributed by atoms with van der Waals surface area (Å²) in [4.78, 5) is 0. The van der Waals surface area contributed by atoms with E-state index in [4.69, 9.17) is 0 Å². The smallest absolute Gasteiger partial charge is 0.0131 e. The maximum Gasteiger partial charge on any atom is 0.0131 e. The molecule has 0 heterocycles. The van der Waals surface area contributed by atoms with Gasteiger partial charge in [0.2, 0.25) is 0 Å². The fourth-order valence-electron chi connectivity index (χ4n) is 3.74. The monoisotopic (exact) mass is 239 g/mol. The highest BCUT2D eigenvalue weighted by Gasteiger charge is 2.67. The molecule has 1 heteroatoms. The van der Waals surface area contributed by atoms with E-state index in [0.29, 0.717) is 16.9 Å². The Balaban J connectivity index is 2.71. The van der Waals surface area contributed by atoms with Crippen LogP contribution in [0.1, 0.15) is 67.7 Å². The van der Waals surface area contributed by atoms with E-state index in [9.17, 15) is 0 Å². The molecule has 0 amide bonds. The lowest BCUT2D eigenvalue weighted by atomic mass is 9.89. The number of rotatable bonds is 7. The standard InChI is InChI=1S/C16H33N/c1-8-10-12(3)13(17-11-9-2)14-15(4,5)16(14,6)7/h12-14,17H,8-11H2,1-7H3. The zero-order valence-electron chi connectivity index (χ0n) is 13.1. The van der Waals surface area contributed by atoms with Gasteiger partial charge in [0.1, 0.15) is 0 Å². The van der Waals surface area contributed by atoms with Crippen LogP contribution in [-0.4, -0.2) is 12.6 Å².